The van der Waals surface area contributed by atoms with Crippen LogP contribution in [-0.2, 0) is 22.6 Å². The van der Waals surface area contributed by atoms with E-state index in [4.69, 9.17) is 4.74 Å². The predicted molar refractivity (Wildman–Crippen MR) is 128 cm³/mol. The van der Waals surface area contributed by atoms with Gasteiger partial charge in [-0.25, -0.2) is 9.18 Å². The minimum atomic E-state index is -0.555. The molecular formula is C26H27FN4O3. The van der Waals surface area contributed by atoms with E-state index in [1.165, 1.54) is 17.9 Å². The standard InChI is InChI=1S/C26H27FN4O3/c1-17-4-3-5-21(30-17)14-28-13-19-6-8-20(9-7-19)24-11-10-22(12-25(24)27)31-16-23(34-26(31)33)15-29-18(2)32/h3-12,23,28H,13-16H2,1-2H3,(H,29,32). The van der Waals surface area contributed by atoms with Gasteiger partial charge in [-0.2, -0.15) is 0 Å². The lowest BCUT2D eigenvalue weighted by Crippen LogP contribution is -2.33. The third-order valence-electron chi connectivity index (χ3n) is 5.56. The largest absolute Gasteiger partial charge is 0.442 e. The third kappa shape index (κ3) is 5.77. The molecule has 1 saturated heterocycles. The van der Waals surface area contributed by atoms with Crippen molar-refractivity contribution in [2.24, 2.45) is 0 Å². The first kappa shape index (κ1) is 23.4. The van der Waals surface area contributed by atoms with Crippen molar-refractivity contribution < 1.29 is 18.7 Å². The summed E-state index contributed by atoms with van der Waals surface area (Å²) in [5.41, 5.74) is 4.68. The van der Waals surface area contributed by atoms with Gasteiger partial charge < -0.3 is 15.4 Å². The Labute approximate surface area is 198 Å². The summed E-state index contributed by atoms with van der Waals surface area (Å²) in [5, 5.41) is 5.99. The lowest BCUT2D eigenvalue weighted by molar-refractivity contribution is -0.119. The molecule has 4 rings (SSSR count). The smallest absolute Gasteiger partial charge is 0.414 e. The number of rotatable bonds is 8. The van der Waals surface area contributed by atoms with E-state index < -0.39 is 18.0 Å². The number of pyridine rings is 1. The van der Waals surface area contributed by atoms with Gasteiger partial charge in [-0.05, 0) is 48.4 Å². The second-order valence-corrected chi connectivity index (χ2v) is 8.29. The number of ether oxygens (including phenoxy) is 1. The van der Waals surface area contributed by atoms with E-state index in [-0.39, 0.29) is 19.0 Å². The second-order valence-electron chi connectivity index (χ2n) is 8.29. The fourth-order valence-corrected chi connectivity index (χ4v) is 3.84. The van der Waals surface area contributed by atoms with Crippen molar-refractivity contribution in [3.8, 4) is 11.1 Å². The van der Waals surface area contributed by atoms with E-state index in [0.717, 1.165) is 22.5 Å². The first-order valence-electron chi connectivity index (χ1n) is 11.1. The number of amides is 2. The molecule has 0 saturated carbocycles. The van der Waals surface area contributed by atoms with Crippen LogP contribution >= 0.6 is 0 Å². The molecule has 3 aromatic rings. The molecule has 0 bridgehead atoms. The van der Waals surface area contributed by atoms with Gasteiger partial charge in [0.15, 0.2) is 0 Å². The van der Waals surface area contributed by atoms with Crippen LogP contribution in [-0.4, -0.2) is 36.2 Å². The Balaban J connectivity index is 1.37. The maximum atomic E-state index is 14.9. The Morgan fingerprint density at radius 3 is 2.65 bits per heavy atom. The number of hydrogen-bond donors (Lipinski definition) is 2. The molecule has 0 aliphatic carbocycles. The Morgan fingerprint density at radius 1 is 1.15 bits per heavy atom. The van der Waals surface area contributed by atoms with Crippen molar-refractivity contribution in [3.63, 3.8) is 0 Å². The minimum Gasteiger partial charge on any atom is -0.442 e. The normalized spacial score (nSPS) is 15.3. The summed E-state index contributed by atoms with van der Waals surface area (Å²) < 4.78 is 20.2. The topological polar surface area (TPSA) is 83.6 Å². The number of carbonyl (C=O) groups excluding carboxylic acids is 2. The minimum absolute atomic E-state index is 0.199. The highest BCUT2D eigenvalue weighted by molar-refractivity contribution is 5.90. The average Bonchev–Trinajstić information content (AvgIpc) is 3.19. The van der Waals surface area contributed by atoms with Crippen LogP contribution in [0, 0.1) is 12.7 Å². The predicted octanol–water partition coefficient (Wildman–Crippen LogP) is 3.95. The number of aromatic nitrogens is 1. The fourth-order valence-electron chi connectivity index (χ4n) is 3.84. The lowest BCUT2D eigenvalue weighted by atomic mass is 10.0. The molecule has 0 spiro atoms. The van der Waals surface area contributed by atoms with Crippen LogP contribution in [0.5, 0.6) is 0 Å². The number of hydrogen-bond acceptors (Lipinski definition) is 5. The summed E-state index contributed by atoms with van der Waals surface area (Å²) >= 11 is 0. The van der Waals surface area contributed by atoms with Crippen molar-refractivity contribution in [2.75, 3.05) is 18.0 Å². The van der Waals surface area contributed by atoms with Gasteiger partial charge >= 0.3 is 6.09 Å². The van der Waals surface area contributed by atoms with Crippen molar-refractivity contribution in [2.45, 2.75) is 33.0 Å². The number of halogens is 1. The highest BCUT2D eigenvalue weighted by Gasteiger charge is 2.32. The lowest BCUT2D eigenvalue weighted by Gasteiger charge is -2.15. The quantitative estimate of drug-likeness (QED) is 0.530. The molecule has 7 nitrogen and oxygen atoms in total. The molecule has 1 atom stereocenters. The molecule has 2 amide bonds. The number of carbonyl (C=O) groups is 2. The van der Waals surface area contributed by atoms with E-state index in [2.05, 4.69) is 15.6 Å². The second kappa shape index (κ2) is 10.4. The number of nitrogens with zero attached hydrogens (tertiary/aromatic N) is 2. The fraction of sp³-hybridized carbons (Fsp3) is 0.269. The Kier molecular flexibility index (Phi) is 7.18. The van der Waals surface area contributed by atoms with Crippen LogP contribution in [0.4, 0.5) is 14.9 Å². The van der Waals surface area contributed by atoms with Crippen LogP contribution < -0.4 is 15.5 Å². The summed E-state index contributed by atoms with van der Waals surface area (Å²) in [4.78, 5) is 29.1. The van der Waals surface area contributed by atoms with Crippen molar-refractivity contribution in [3.05, 3.63) is 83.4 Å². The van der Waals surface area contributed by atoms with E-state index in [1.807, 2.05) is 49.4 Å². The molecule has 1 aromatic heterocycles. The molecule has 1 aliphatic heterocycles. The molecule has 1 aliphatic rings. The van der Waals surface area contributed by atoms with Gasteiger partial charge in [0, 0.05) is 31.3 Å². The van der Waals surface area contributed by atoms with E-state index in [9.17, 15) is 14.0 Å². The zero-order chi connectivity index (χ0) is 24.1. The molecule has 1 unspecified atom stereocenters. The van der Waals surface area contributed by atoms with Crippen molar-refractivity contribution in [1.82, 2.24) is 15.6 Å². The van der Waals surface area contributed by atoms with Crippen LogP contribution in [0.2, 0.25) is 0 Å². The van der Waals surface area contributed by atoms with Crippen LogP contribution in [0.25, 0.3) is 11.1 Å². The summed E-state index contributed by atoms with van der Waals surface area (Å²) in [6, 6.07) is 18.3. The molecule has 8 heteroatoms. The summed E-state index contributed by atoms with van der Waals surface area (Å²) in [5.74, 6) is -0.623. The van der Waals surface area contributed by atoms with Crippen LogP contribution in [0.3, 0.4) is 0 Å². The molecule has 2 N–H and O–H groups in total. The Hall–Kier alpha value is -3.78. The van der Waals surface area contributed by atoms with Crippen LogP contribution in [0.15, 0.2) is 60.7 Å². The molecular weight excluding hydrogens is 435 g/mol. The molecule has 2 heterocycles. The zero-order valence-electron chi connectivity index (χ0n) is 19.2. The van der Waals surface area contributed by atoms with Gasteiger partial charge in [0.1, 0.15) is 11.9 Å². The first-order chi connectivity index (χ1) is 16.4. The number of anilines is 1. The summed E-state index contributed by atoms with van der Waals surface area (Å²) in [7, 11) is 0. The number of benzene rings is 2. The first-order valence-corrected chi connectivity index (χ1v) is 11.1. The van der Waals surface area contributed by atoms with Crippen molar-refractivity contribution >= 4 is 17.7 Å². The Bertz CT molecular complexity index is 1180. The number of nitrogens with one attached hydrogen (secondary N) is 2. The van der Waals surface area contributed by atoms with Crippen molar-refractivity contribution in [1.29, 1.82) is 0 Å². The summed E-state index contributed by atoms with van der Waals surface area (Å²) in [6.45, 7) is 5.18. The van der Waals surface area contributed by atoms with Gasteiger partial charge in [-0.1, -0.05) is 30.3 Å². The monoisotopic (exact) mass is 462 g/mol. The summed E-state index contributed by atoms with van der Waals surface area (Å²) in [6.07, 6.45) is -1.03. The van der Waals surface area contributed by atoms with E-state index in [1.54, 1.807) is 12.1 Å². The zero-order valence-corrected chi connectivity index (χ0v) is 19.2. The average molecular weight is 463 g/mol. The highest BCUT2D eigenvalue weighted by Crippen LogP contribution is 2.29. The van der Waals surface area contributed by atoms with E-state index in [0.29, 0.717) is 24.3 Å². The number of aryl methyl sites for hydroxylation is 1. The van der Waals surface area contributed by atoms with Gasteiger partial charge in [0.25, 0.3) is 0 Å². The number of cyclic esters (lactones) is 1. The van der Waals surface area contributed by atoms with Gasteiger partial charge in [0.05, 0.1) is 24.5 Å². The SMILES string of the molecule is CC(=O)NCC1CN(c2ccc(-c3ccc(CNCc4cccc(C)n4)cc3)c(F)c2)C(=O)O1. The highest BCUT2D eigenvalue weighted by atomic mass is 19.1. The Morgan fingerprint density at radius 2 is 1.94 bits per heavy atom. The van der Waals surface area contributed by atoms with Crippen LogP contribution in [0.1, 0.15) is 23.9 Å². The molecule has 176 valence electrons. The van der Waals surface area contributed by atoms with Gasteiger partial charge in [0.2, 0.25) is 5.91 Å². The van der Waals surface area contributed by atoms with Gasteiger partial charge in [-0.15, -0.1) is 0 Å². The molecule has 34 heavy (non-hydrogen) atoms. The molecule has 2 aromatic carbocycles. The molecule has 0 radical (unpaired) electrons. The maximum Gasteiger partial charge on any atom is 0.414 e. The van der Waals surface area contributed by atoms with Gasteiger partial charge in [-0.3, -0.25) is 14.7 Å². The van der Waals surface area contributed by atoms with E-state index >= 15 is 0 Å². The molecule has 1 fully saturated rings. The maximum absolute atomic E-state index is 14.9. The third-order valence-corrected chi connectivity index (χ3v) is 5.56.